The molecule has 3 aromatic carbocycles. The third-order valence-electron chi connectivity index (χ3n) is 5.87. The molecule has 0 saturated carbocycles. The molecule has 0 bridgehead atoms. The number of alkyl carbamates (subject to hydrolysis) is 1. The largest absolute Gasteiger partial charge is 0.478 e. The predicted octanol–water partition coefficient (Wildman–Crippen LogP) is 5.79. The van der Waals surface area contributed by atoms with Crippen molar-refractivity contribution in [1.29, 1.82) is 0 Å². The Morgan fingerprint density at radius 3 is 2.17 bits per heavy atom. The van der Waals surface area contributed by atoms with E-state index in [4.69, 9.17) is 4.74 Å². The number of carbonyl (C=O) groups is 3. The Balaban J connectivity index is 1.35. The van der Waals surface area contributed by atoms with Crippen LogP contribution in [-0.4, -0.2) is 35.2 Å². The highest BCUT2D eigenvalue weighted by atomic mass is 79.9. The molecule has 0 fully saturated rings. The first kappa shape index (κ1) is 24.5. The van der Waals surface area contributed by atoms with Gasteiger partial charge in [0.25, 0.3) is 0 Å². The summed E-state index contributed by atoms with van der Waals surface area (Å²) in [6, 6.07) is 20.7. The van der Waals surface area contributed by atoms with Gasteiger partial charge in [-0.1, -0.05) is 48.5 Å². The Bertz CT molecular complexity index is 1260. The zero-order valence-electron chi connectivity index (χ0n) is 19.3. The standard InChI is InChI=1S/C27H25BrN2O5/c1-27(2,14-24(31)29-16-11-12-23(28)21(13-16)25(32)33)30-26(34)35-15-22-19-9-5-3-7-17(19)18-8-4-6-10-20(18)22/h3-13,22H,14-15H2,1-2H3,(H,29,31)(H,30,34)(H,32,33). The number of rotatable bonds is 7. The normalized spacial score (nSPS) is 12.4. The molecule has 3 aromatic rings. The predicted molar refractivity (Wildman–Crippen MR) is 137 cm³/mol. The summed E-state index contributed by atoms with van der Waals surface area (Å²) in [5.74, 6) is -1.53. The second kappa shape index (κ2) is 9.92. The average molecular weight is 537 g/mol. The van der Waals surface area contributed by atoms with Crippen LogP contribution in [0.25, 0.3) is 11.1 Å². The van der Waals surface area contributed by atoms with Crippen molar-refractivity contribution in [2.24, 2.45) is 0 Å². The topological polar surface area (TPSA) is 105 Å². The summed E-state index contributed by atoms with van der Waals surface area (Å²) in [5, 5.41) is 14.7. The fraction of sp³-hybridized carbons (Fsp3) is 0.222. The Labute approximate surface area is 211 Å². The zero-order chi connectivity index (χ0) is 25.2. The number of aromatic carboxylic acids is 1. The van der Waals surface area contributed by atoms with E-state index >= 15 is 0 Å². The van der Waals surface area contributed by atoms with Crippen molar-refractivity contribution >= 4 is 39.6 Å². The van der Waals surface area contributed by atoms with E-state index in [0.717, 1.165) is 22.3 Å². The lowest BCUT2D eigenvalue weighted by Gasteiger charge is -2.26. The Hall–Kier alpha value is -3.65. The van der Waals surface area contributed by atoms with Gasteiger partial charge in [0.1, 0.15) is 6.61 Å². The molecule has 8 heteroatoms. The zero-order valence-corrected chi connectivity index (χ0v) is 20.9. The summed E-state index contributed by atoms with van der Waals surface area (Å²) in [4.78, 5) is 36.5. The fourth-order valence-corrected chi connectivity index (χ4v) is 4.74. The van der Waals surface area contributed by atoms with Gasteiger partial charge in [-0.3, -0.25) is 4.79 Å². The van der Waals surface area contributed by atoms with Gasteiger partial charge in [-0.15, -0.1) is 0 Å². The van der Waals surface area contributed by atoms with Crippen LogP contribution in [0.3, 0.4) is 0 Å². The van der Waals surface area contributed by atoms with Gasteiger partial charge in [0.15, 0.2) is 0 Å². The van der Waals surface area contributed by atoms with Gasteiger partial charge >= 0.3 is 12.1 Å². The lowest BCUT2D eigenvalue weighted by molar-refractivity contribution is -0.117. The van der Waals surface area contributed by atoms with Crippen LogP contribution >= 0.6 is 15.9 Å². The summed E-state index contributed by atoms with van der Waals surface area (Å²) in [7, 11) is 0. The molecule has 180 valence electrons. The minimum Gasteiger partial charge on any atom is -0.478 e. The molecular weight excluding hydrogens is 512 g/mol. The number of benzene rings is 3. The van der Waals surface area contributed by atoms with E-state index in [2.05, 4.69) is 38.7 Å². The van der Waals surface area contributed by atoms with Gasteiger partial charge in [-0.25, -0.2) is 9.59 Å². The van der Waals surface area contributed by atoms with Gasteiger partial charge in [0.2, 0.25) is 5.91 Å². The number of ether oxygens (including phenoxy) is 1. The van der Waals surface area contributed by atoms with E-state index in [1.807, 2.05) is 36.4 Å². The maximum atomic E-state index is 12.6. The van der Waals surface area contributed by atoms with Crippen molar-refractivity contribution in [3.8, 4) is 11.1 Å². The van der Waals surface area contributed by atoms with E-state index in [1.165, 1.54) is 6.07 Å². The van der Waals surface area contributed by atoms with Crippen LogP contribution < -0.4 is 10.6 Å². The van der Waals surface area contributed by atoms with E-state index in [-0.39, 0.29) is 30.4 Å². The van der Waals surface area contributed by atoms with E-state index in [1.54, 1.807) is 26.0 Å². The van der Waals surface area contributed by atoms with Crippen molar-refractivity contribution in [1.82, 2.24) is 5.32 Å². The molecule has 0 radical (unpaired) electrons. The molecule has 1 aliphatic carbocycles. The number of hydrogen-bond donors (Lipinski definition) is 3. The molecule has 0 saturated heterocycles. The van der Waals surface area contributed by atoms with Crippen LogP contribution in [0.5, 0.6) is 0 Å². The van der Waals surface area contributed by atoms with Crippen LogP contribution in [0.4, 0.5) is 10.5 Å². The van der Waals surface area contributed by atoms with Crippen molar-refractivity contribution in [2.75, 3.05) is 11.9 Å². The first-order valence-corrected chi connectivity index (χ1v) is 11.9. The fourth-order valence-electron chi connectivity index (χ4n) is 4.33. The molecule has 2 amide bonds. The molecule has 4 rings (SSSR count). The molecule has 0 spiro atoms. The van der Waals surface area contributed by atoms with Gasteiger partial charge in [0, 0.05) is 28.0 Å². The molecule has 0 aliphatic heterocycles. The van der Waals surface area contributed by atoms with E-state index < -0.39 is 17.6 Å². The summed E-state index contributed by atoms with van der Waals surface area (Å²) in [5.41, 5.74) is 4.04. The highest BCUT2D eigenvalue weighted by molar-refractivity contribution is 9.10. The number of carboxylic acid groups (broad SMARTS) is 1. The lowest BCUT2D eigenvalue weighted by atomic mass is 9.98. The highest BCUT2D eigenvalue weighted by Gasteiger charge is 2.30. The van der Waals surface area contributed by atoms with Crippen LogP contribution in [0.1, 0.15) is 47.7 Å². The maximum Gasteiger partial charge on any atom is 0.407 e. The summed E-state index contributed by atoms with van der Waals surface area (Å²) < 4.78 is 6.00. The monoisotopic (exact) mass is 536 g/mol. The van der Waals surface area contributed by atoms with Crippen molar-refractivity contribution in [3.05, 3.63) is 87.9 Å². The summed E-state index contributed by atoms with van der Waals surface area (Å²) in [6.07, 6.45) is -0.642. The molecule has 35 heavy (non-hydrogen) atoms. The SMILES string of the molecule is CC(C)(CC(=O)Nc1ccc(Br)c(C(=O)O)c1)NC(=O)OCC1c2ccccc2-c2ccccc21. The third-order valence-corrected chi connectivity index (χ3v) is 6.56. The Morgan fingerprint density at radius 2 is 1.57 bits per heavy atom. The van der Waals surface area contributed by atoms with Gasteiger partial charge < -0.3 is 20.5 Å². The van der Waals surface area contributed by atoms with Crippen molar-refractivity contribution < 1.29 is 24.2 Å². The first-order valence-electron chi connectivity index (χ1n) is 11.1. The number of nitrogens with one attached hydrogen (secondary N) is 2. The summed E-state index contributed by atoms with van der Waals surface area (Å²) in [6.45, 7) is 3.62. The molecule has 0 aromatic heterocycles. The van der Waals surface area contributed by atoms with Gasteiger partial charge in [-0.2, -0.15) is 0 Å². The number of fused-ring (bicyclic) bond motifs is 3. The van der Waals surface area contributed by atoms with Crippen LogP contribution in [0, 0.1) is 0 Å². The number of carbonyl (C=O) groups excluding carboxylic acids is 2. The number of hydrogen-bond acceptors (Lipinski definition) is 4. The third kappa shape index (κ3) is 5.54. The number of carboxylic acids is 1. The lowest BCUT2D eigenvalue weighted by Crippen LogP contribution is -2.46. The van der Waals surface area contributed by atoms with Crippen molar-refractivity contribution in [2.45, 2.75) is 31.7 Å². The van der Waals surface area contributed by atoms with Gasteiger partial charge in [-0.05, 0) is 70.2 Å². The molecular formula is C27H25BrN2O5. The van der Waals surface area contributed by atoms with Crippen LogP contribution in [-0.2, 0) is 9.53 Å². The molecule has 1 aliphatic rings. The highest BCUT2D eigenvalue weighted by Crippen LogP contribution is 2.44. The van der Waals surface area contributed by atoms with Crippen LogP contribution in [0.15, 0.2) is 71.2 Å². The maximum absolute atomic E-state index is 12.6. The van der Waals surface area contributed by atoms with Gasteiger partial charge in [0.05, 0.1) is 5.56 Å². The minimum absolute atomic E-state index is 0.0321. The Morgan fingerprint density at radius 1 is 0.971 bits per heavy atom. The van der Waals surface area contributed by atoms with E-state index in [0.29, 0.717) is 10.2 Å². The van der Waals surface area contributed by atoms with Crippen LogP contribution in [0.2, 0.25) is 0 Å². The quantitative estimate of drug-likeness (QED) is 0.354. The minimum atomic E-state index is -1.11. The molecule has 0 atom stereocenters. The summed E-state index contributed by atoms with van der Waals surface area (Å²) >= 11 is 3.18. The smallest absolute Gasteiger partial charge is 0.407 e. The Kier molecular flexibility index (Phi) is 6.93. The molecule has 0 unspecified atom stereocenters. The molecule has 7 nitrogen and oxygen atoms in total. The van der Waals surface area contributed by atoms with Crippen molar-refractivity contribution in [3.63, 3.8) is 0 Å². The molecule has 0 heterocycles. The van der Waals surface area contributed by atoms with E-state index in [9.17, 15) is 19.5 Å². The molecule has 3 N–H and O–H groups in total. The first-order chi connectivity index (χ1) is 16.6. The number of anilines is 1. The second-order valence-corrected chi connectivity index (χ2v) is 9.91. The number of amides is 2. The average Bonchev–Trinajstić information content (AvgIpc) is 3.12. The number of halogens is 1. The second-order valence-electron chi connectivity index (χ2n) is 9.06.